The highest BCUT2D eigenvalue weighted by atomic mass is 16.5. The molecule has 0 unspecified atom stereocenters. The van der Waals surface area contributed by atoms with E-state index in [4.69, 9.17) is 15.5 Å². The Morgan fingerprint density at radius 3 is 2.79 bits per heavy atom. The summed E-state index contributed by atoms with van der Waals surface area (Å²) in [5.41, 5.74) is 13.1. The third kappa shape index (κ3) is 5.66. The van der Waals surface area contributed by atoms with Crippen molar-refractivity contribution >= 4 is 23.9 Å². The van der Waals surface area contributed by atoms with Crippen LogP contribution >= 0.6 is 0 Å². The molecule has 0 aliphatic carbocycles. The number of fused-ring (bicyclic) bond motifs is 1. The maximum absolute atomic E-state index is 13.0. The molecule has 9 heteroatoms. The predicted molar refractivity (Wildman–Crippen MR) is 129 cm³/mol. The molecule has 3 N–H and O–H groups in total. The summed E-state index contributed by atoms with van der Waals surface area (Å²) in [6.45, 7) is 9.88. The molecule has 33 heavy (non-hydrogen) atoms. The highest BCUT2D eigenvalue weighted by molar-refractivity contribution is 5.82. The van der Waals surface area contributed by atoms with E-state index in [1.54, 1.807) is 11.1 Å². The average molecular weight is 452 g/mol. The normalized spacial score (nSPS) is 17.0. The molecular formula is C24H33N7O2. The van der Waals surface area contributed by atoms with Gasteiger partial charge in [0.05, 0.1) is 44.3 Å². The summed E-state index contributed by atoms with van der Waals surface area (Å²) in [6, 6.07) is 7.58. The number of anilines is 2. The molecule has 0 spiro atoms. The number of nitrogens with zero attached hydrogens (tertiary/aromatic N) is 5. The first-order chi connectivity index (χ1) is 15.9. The molecule has 0 radical (unpaired) electrons. The van der Waals surface area contributed by atoms with Crippen LogP contribution in [-0.4, -0.2) is 59.3 Å². The number of nitrogens with two attached hydrogens (primary N) is 1. The number of aryl methyl sites for hydroxylation is 1. The van der Waals surface area contributed by atoms with Crippen LogP contribution in [0.3, 0.4) is 0 Å². The summed E-state index contributed by atoms with van der Waals surface area (Å²) < 4.78 is 5.52. The molecule has 2 aromatic rings. The third-order valence-corrected chi connectivity index (χ3v) is 5.85. The Morgan fingerprint density at radius 1 is 1.27 bits per heavy atom. The molecule has 1 aromatic carbocycles. The Bertz CT molecular complexity index is 1020. The van der Waals surface area contributed by atoms with Gasteiger partial charge in [0.25, 0.3) is 0 Å². The number of morpholine rings is 1. The van der Waals surface area contributed by atoms with Crippen LogP contribution in [0.2, 0.25) is 0 Å². The summed E-state index contributed by atoms with van der Waals surface area (Å²) in [7, 11) is 0. The number of carbonyl (C=O) groups is 1. The topological polar surface area (TPSA) is 109 Å². The van der Waals surface area contributed by atoms with Gasteiger partial charge in [-0.05, 0) is 24.8 Å². The van der Waals surface area contributed by atoms with E-state index in [9.17, 15) is 4.79 Å². The first kappa shape index (κ1) is 23.1. The second-order valence-corrected chi connectivity index (χ2v) is 9.11. The number of aromatic nitrogens is 2. The lowest BCUT2D eigenvalue weighted by Crippen LogP contribution is -2.42. The summed E-state index contributed by atoms with van der Waals surface area (Å²) in [5.74, 6) is 1.57. The van der Waals surface area contributed by atoms with Crippen LogP contribution < -0.4 is 16.1 Å². The van der Waals surface area contributed by atoms with E-state index >= 15 is 0 Å². The fourth-order valence-electron chi connectivity index (χ4n) is 4.24. The lowest BCUT2D eigenvalue weighted by molar-refractivity contribution is -0.133. The van der Waals surface area contributed by atoms with E-state index in [0.717, 1.165) is 35.7 Å². The number of benzene rings is 1. The van der Waals surface area contributed by atoms with E-state index < -0.39 is 6.04 Å². The van der Waals surface area contributed by atoms with E-state index in [0.29, 0.717) is 44.6 Å². The summed E-state index contributed by atoms with van der Waals surface area (Å²) in [4.78, 5) is 26.4. The van der Waals surface area contributed by atoms with Gasteiger partial charge in [0.2, 0.25) is 11.9 Å². The molecule has 1 atom stereocenters. The van der Waals surface area contributed by atoms with Gasteiger partial charge < -0.3 is 20.3 Å². The second kappa shape index (κ2) is 10.3. The van der Waals surface area contributed by atoms with Crippen molar-refractivity contribution in [3.05, 3.63) is 46.6 Å². The fraction of sp³-hybridized carbons (Fsp3) is 0.500. The van der Waals surface area contributed by atoms with Gasteiger partial charge in [-0.15, -0.1) is 0 Å². The van der Waals surface area contributed by atoms with Gasteiger partial charge in [-0.1, -0.05) is 43.7 Å². The van der Waals surface area contributed by atoms with Crippen molar-refractivity contribution in [2.75, 3.05) is 36.6 Å². The minimum atomic E-state index is -0.504. The van der Waals surface area contributed by atoms with E-state index in [1.165, 1.54) is 5.56 Å². The van der Waals surface area contributed by atoms with Gasteiger partial charge in [0.15, 0.2) is 0 Å². The highest BCUT2D eigenvalue weighted by Crippen LogP contribution is 2.31. The molecule has 1 saturated heterocycles. The van der Waals surface area contributed by atoms with Gasteiger partial charge in [-0.2, -0.15) is 10.1 Å². The number of ether oxygens (including phenoxy) is 1. The van der Waals surface area contributed by atoms with Crippen molar-refractivity contribution in [2.24, 2.45) is 16.8 Å². The highest BCUT2D eigenvalue weighted by Gasteiger charge is 2.33. The molecule has 3 heterocycles. The lowest BCUT2D eigenvalue weighted by atomic mass is 10.0. The minimum absolute atomic E-state index is 0.0402. The van der Waals surface area contributed by atoms with E-state index in [1.807, 2.05) is 25.1 Å². The average Bonchev–Trinajstić information content (AvgIpc) is 3.22. The molecule has 1 amide bonds. The van der Waals surface area contributed by atoms with Crippen molar-refractivity contribution in [1.82, 2.24) is 14.9 Å². The number of rotatable bonds is 7. The molecule has 1 fully saturated rings. The second-order valence-electron chi connectivity index (χ2n) is 9.11. The van der Waals surface area contributed by atoms with E-state index in [-0.39, 0.29) is 5.91 Å². The Morgan fingerprint density at radius 2 is 2.06 bits per heavy atom. The van der Waals surface area contributed by atoms with Crippen LogP contribution in [0.25, 0.3) is 0 Å². The van der Waals surface area contributed by atoms with Gasteiger partial charge in [-0.25, -0.2) is 10.4 Å². The quantitative estimate of drug-likeness (QED) is 0.491. The van der Waals surface area contributed by atoms with Crippen LogP contribution in [-0.2, 0) is 22.6 Å². The van der Waals surface area contributed by atoms with Crippen molar-refractivity contribution in [3.63, 3.8) is 0 Å². The van der Waals surface area contributed by atoms with Crippen molar-refractivity contribution in [3.8, 4) is 0 Å². The largest absolute Gasteiger partial charge is 0.378 e. The SMILES string of the molecule is Cc1cccc(/C=N/Nc2nc3c(c(N4CCOCC4)n2)CN(C(=O)[C@H](N)CC(C)C)C3)c1. The monoisotopic (exact) mass is 451 g/mol. The molecular weight excluding hydrogens is 418 g/mol. The summed E-state index contributed by atoms with van der Waals surface area (Å²) in [5, 5.41) is 4.34. The zero-order valence-electron chi connectivity index (χ0n) is 19.6. The number of hydrogen-bond acceptors (Lipinski definition) is 8. The van der Waals surface area contributed by atoms with Gasteiger partial charge in [0.1, 0.15) is 5.82 Å². The summed E-state index contributed by atoms with van der Waals surface area (Å²) >= 11 is 0. The molecule has 2 aliphatic heterocycles. The first-order valence-corrected chi connectivity index (χ1v) is 11.5. The Balaban J connectivity index is 1.56. The van der Waals surface area contributed by atoms with Crippen molar-refractivity contribution in [1.29, 1.82) is 0 Å². The Hall–Kier alpha value is -3.04. The first-order valence-electron chi connectivity index (χ1n) is 11.5. The maximum Gasteiger partial charge on any atom is 0.245 e. The van der Waals surface area contributed by atoms with Gasteiger partial charge >= 0.3 is 0 Å². The predicted octanol–water partition coefficient (Wildman–Crippen LogP) is 2.28. The van der Waals surface area contributed by atoms with Gasteiger partial charge in [-0.3, -0.25) is 4.79 Å². The lowest BCUT2D eigenvalue weighted by Gasteiger charge is -2.29. The number of hydrogen-bond donors (Lipinski definition) is 2. The van der Waals surface area contributed by atoms with Crippen LogP contribution in [0, 0.1) is 12.8 Å². The fourth-order valence-corrected chi connectivity index (χ4v) is 4.24. The van der Waals surface area contributed by atoms with Crippen LogP contribution in [0.1, 0.15) is 42.7 Å². The molecule has 0 bridgehead atoms. The molecule has 176 valence electrons. The Kier molecular flexibility index (Phi) is 7.20. The van der Waals surface area contributed by atoms with Gasteiger partial charge in [0, 0.05) is 18.7 Å². The molecule has 2 aliphatic rings. The standard InChI is InChI=1S/C24H33N7O2/c1-16(2)11-20(25)23(32)31-14-19-21(15-31)27-24(28-22(19)30-7-9-33-10-8-30)29-26-13-18-6-4-5-17(3)12-18/h4-6,12-13,16,20H,7-11,14-15,25H2,1-3H3,(H,27,28,29)/b26-13+/t20-/m1/s1. The zero-order valence-corrected chi connectivity index (χ0v) is 19.6. The number of amides is 1. The van der Waals surface area contributed by atoms with E-state index in [2.05, 4.69) is 40.3 Å². The van der Waals surface area contributed by atoms with Crippen LogP contribution in [0.5, 0.6) is 0 Å². The van der Waals surface area contributed by atoms with Crippen LogP contribution in [0.4, 0.5) is 11.8 Å². The smallest absolute Gasteiger partial charge is 0.245 e. The number of nitrogens with one attached hydrogen (secondary N) is 1. The number of hydrazone groups is 1. The molecule has 4 rings (SSSR count). The maximum atomic E-state index is 13.0. The van der Waals surface area contributed by atoms with Crippen LogP contribution in [0.15, 0.2) is 29.4 Å². The van der Waals surface area contributed by atoms with Crippen molar-refractivity contribution < 1.29 is 9.53 Å². The number of carbonyl (C=O) groups excluding carboxylic acids is 1. The van der Waals surface area contributed by atoms with Crippen molar-refractivity contribution in [2.45, 2.75) is 46.3 Å². The molecule has 1 aromatic heterocycles. The minimum Gasteiger partial charge on any atom is -0.378 e. The molecule has 0 saturated carbocycles. The molecule has 9 nitrogen and oxygen atoms in total. The zero-order chi connectivity index (χ0) is 23.4. The Labute approximate surface area is 195 Å². The third-order valence-electron chi connectivity index (χ3n) is 5.85. The summed E-state index contributed by atoms with van der Waals surface area (Å²) in [6.07, 6.45) is 2.41.